The van der Waals surface area contributed by atoms with E-state index in [-0.39, 0.29) is 31.0 Å². The summed E-state index contributed by atoms with van der Waals surface area (Å²) in [5.41, 5.74) is 7.79. The molecule has 6 heteroatoms. The molecule has 0 aromatic heterocycles. The molecule has 2 amide bonds. The number of nitrogens with two attached hydrogens (primary N) is 1. The topological polar surface area (TPSA) is 84.7 Å². The normalized spacial score (nSPS) is 16.0. The highest BCUT2D eigenvalue weighted by molar-refractivity contribution is 5.84. The molecule has 0 radical (unpaired) electrons. The number of rotatable bonds is 11. The molecule has 2 aromatic rings. The Balaban J connectivity index is 1.63. The molecule has 0 saturated carbocycles. The highest BCUT2D eigenvalue weighted by Crippen LogP contribution is 2.28. The smallest absolute Gasteiger partial charge is 0.237 e. The molecule has 2 aromatic carbocycles. The van der Waals surface area contributed by atoms with Gasteiger partial charge in [0.25, 0.3) is 0 Å². The second-order valence-electron chi connectivity index (χ2n) is 7.71. The third-order valence-electron chi connectivity index (χ3n) is 5.46. The first-order valence-electron chi connectivity index (χ1n) is 10.6. The van der Waals surface area contributed by atoms with E-state index in [2.05, 4.69) is 29.6 Å². The Morgan fingerprint density at radius 3 is 2.23 bits per heavy atom. The molecule has 3 N–H and O–H groups in total. The zero-order valence-electron chi connectivity index (χ0n) is 17.3. The zero-order chi connectivity index (χ0) is 21.2. The molecule has 1 aliphatic heterocycles. The summed E-state index contributed by atoms with van der Waals surface area (Å²) in [5, 5.41) is 3.16. The summed E-state index contributed by atoms with van der Waals surface area (Å²) in [6.07, 6.45) is 2.96. The van der Waals surface area contributed by atoms with Crippen molar-refractivity contribution in [2.75, 3.05) is 32.8 Å². The molecule has 160 valence electrons. The summed E-state index contributed by atoms with van der Waals surface area (Å²) in [4.78, 5) is 25.9. The van der Waals surface area contributed by atoms with Crippen molar-refractivity contribution >= 4 is 11.8 Å². The monoisotopic (exact) mass is 409 g/mol. The third-order valence-corrected chi connectivity index (χ3v) is 5.46. The van der Waals surface area contributed by atoms with Crippen LogP contribution in [0.15, 0.2) is 60.7 Å². The van der Waals surface area contributed by atoms with Crippen molar-refractivity contribution in [3.8, 4) is 0 Å². The van der Waals surface area contributed by atoms with Gasteiger partial charge in [-0.25, -0.2) is 0 Å². The van der Waals surface area contributed by atoms with E-state index < -0.39 is 5.91 Å². The largest absolute Gasteiger partial charge is 0.377 e. The minimum absolute atomic E-state index is 0.0727. The first-order chi connectivity index (χ1) is 14.6. The van der Waals surface area contributed by atoms with Crippen LogP contribution in [0.3, 0.4) is 0 Å². The first kappa shape index (κ1) is 22.0. The van der Waals surface area contributed by atoms with Crippen molar-refractivity contribution in [2.45, 2.75) is 31.3 Å². The van der Waals surface area contributed by atoms with E-state index >= 15 is 0 Å². The van der Waals surface area contributed by atoms with Crippen molar-refractivity contribution in [2.24, 2.45) is 5.73 Å². The minimum Gasteiger partial charge on any atom is -0.377 e. The fraction of sp³-hybridized carbons (Fsp3) is 0.417. The van der Waals surface area contributed by atoms with Gasteiger partial charge < -0.3 is 20.7 Å². The van der Waals surface area contributed by atoms with Crippen LogP contribution in [0.5, 0.6) is 0 Å². The maximum atomic E-state index is 12.8. The van der Waals surface area contributed by atoms with Gasteiger partial charge in [-0.05, 0) is 30.4 Å². The van der Waals surface area contributed by atoms with Crippen molar-refractivity contribution in [3.63, 3.8) is 0 Å². The lowest BCUT2D eigenvalue weighted by Gasteiger charge is -2.25. The highest BCUT2D eigenvalue weighted by Gasteiger charge is 2.21. The van der Waals surface area contributed by atoms with Gasteiger partial charge in [0.05, 0.1) is 19.2 Å². The summed E-state index contributed by atoms with van der Waals surface area (Å²) in [6.45, 7) is 1.99. The molecule has 6 nitrogen and oxygen atoms in total. The lowest BCUT2D eigenvalue weighted by Crippen LogP contribution is -2.44. The Labute approximate surface area is 178 Å². The Kier molecular flexibility index (Phi) is 8.41. The van der Waals surface area contributed by atoms with E-state index in [1.54, 1.807) is 4.90 Å². The van der Waals surface area contributed by atoms with Crippen molar-refractivity contribution in [1.82, 2.24) is 10.2 Å². The molecule has 3 rings (SSSR count). The van der Waals surface area contributed by atoms with Crippen molar-refractivity contribution in [3.05, 3.63) is 71.8 Å². The van der Waals surface area contributed by atoms with Gasteiger partial charge >= 0.3 is 0 Å². The average Bonchev–Trinajstić information content (AvgIpc) is 3.28. The van der Waals surface area contributed by atoms with Gasteiger partial charge in [-0.1, -0.05) is 60.7 Å². The van der Waals surface area contributed by atoms with Crippen LogP contribution in [0.1, 0.15) is 36.3 Å². The standard InChI is InChI=1S/C24H31N3O3/c25-23(28)18-27(24(29)17-26-16-21-12-7-15-30-21)14-13-22(19-8-3-1-4-9-19)20-10-5-2-6-11-20/h1-6,8-11,21-22,26H,7,12-18H2,(H2,25,28). The molecular weight excluding hydrogens is 378 g/mol. The zero-order valence-corrected chi connectivity index (χ0v) is 17.3. The van der Waals surface area contributed by atoms with Crippen LogP contribution in [0.25, 0.3) is 0 Å². The Hall–Kier alpha value is -2.70. The van der Waals surface area contributed by atoms with Gasteiger partial charge in [0, 0.05) is 25.6 Å². The summed E-state index contributed by atoms with van der Waals surface area (Å²) >= 11 is 0. The van der Waals surface area contributed by atoms with Crippen LogP contribution in [-0.2, 0) is 14.3 Å². The Bertz CT molecular complexity index is 752. The predicted molar refractivity (Wildman–Crippen MR) is 117 cm³/mol. The number of carbonyl (C=O) groups excluding carboxylic acids is 2. The van der Waals surface area contributed by atoms with E-state index in [9.17, 15) is 9.59 Å². The van der Waals surface area contributed by atoms with E-state index in [1.165, 1.54) is 11.1 Å². The molecule has 1 heterocycles. The number of hydrogen-bond acceptors (Lipinski definition) is 4. The van der Waals surface area contributed by atoms with Crippen LogP contribution in [-0.4, -0.2) is 55.6 Å². The third kappa shape index (κ3) is 6.68. The van der Waals surface area contributed by atoms with Crippen LogP contribution >= 0.6 is 0 Å². The molecule has 30 heavy (non-hydrogen) atoms. The van der Waals surface area contributed by atoms with Crippen LogP contribution < -0.4 is 11.1 Å². The number of primary amides is 1. The molecular formula is C24H31N3O3. The van der Waals surface area contributed by atoms with E-state index in [0.717, 1.165) is 19.4 Å². The molecule has 1 fully saturated rings. The summed E-state index contributed by atoms with van der Waals surface area (Å²) in [7, 11) is 0. The lowest BCUT2D eigenvalue weighted by atomic mass is 9.88. The SMILES string of the molecule is NC(=O)CN(CCC(c1ccccc1)c1ccccc1)C(=O)CNCC1CCCO1. The van der Waals surface area contributed by atoms with Gasteiger partial charge in [0.2, 0.25) is 11.8 Å². The second-order valence-corrected chi connectivity index (χ2v) is 7.71. The van der Waals surface area contributed by atoms with E-state index in [1.807, 2.05) is 36.4 Å². The molecule has 1 aliphatic rings. The van der Waals surface area contributed by atoms with Gasteiger partial charge in [-0.3, -0.25) is 9.59 Å². The van der Waals surface area contributed by atoms with Crippen molar-refractivity contribution in [1.29, 1.82) is 0 Å². The maximum Gasteiger partial charge on any atom is 0.237 e. The highest BCUT2D eigenvalue weighted by atomic mass is 16.5. The van der Waals surface area contributed by atoms with Crippen LogP contribution in [0.4, 0.5) is 0 Å². The fourth-order valence-electron chi connectivity index (χ4n) is 3.92. The van der Waals surface area contributed by atoms with Crippen LogP contribution in [0.2, 0.25) is 0 Å². The number of amides is 2. The number of nitrogens with zero attached hydrogens (tertiary/aromatic N) is 1. The van der Waals surface area contributed by atoms with Gasteiger partial charge in [-0.15, -0.1) is 0 Å². The number of hydrogen-bond donors (Lipinski definition) is 2. The first-order valence-corrected chi connectivity index (χ1v) is 10.6. The number of nitrogens with one attached hydrogen (secondary N) is 1. The predicted octanol–water partition coefficient (Wildman–Crippen LogP) is 2.29. The van der Waals surface area contributed by atoms with E-state index in [4.69, 9.17) is 10.5 Å². The molecule has 0 spiro atoms. The fourth-order valence-corrected chi connectivity index (χ4v) is 3.92. The molecule has 0 aliphatic carbocycles. The quantitative estimate of drug-likeness (QED) is 0.596. The number of ether oxygens (including phenoxy) is 1. The number of carbonyl (C=O) groups is 2. The molecule has 1 unspecified atom stereocenters. The van der Waals surface area contributed by atoms with Crippen molar-refractivity contribution < 1.29 is 14.3 Å². The summed E-state index contributed by atoms with van der Waals surface area (Å²) in [6, 6.07) is 20.5. The molecule has 1 saturated heterocycles. The maximum absolute atomic E-state index is 12.8. The lowest BCUT2D eigenvalue weighted by molar-refractivity contribution is -0.134. The minimum atomic E-state index is -0.501. The van der Waals surface area contributed by atoms with Crippen LogP contribution in [0, 0.1) is 0 Å². The summed E-state index contributed by atoms with van der Waals surface area (Å²) < 4.78 is 5.58. The average molecular weight is 410 g/mol. The second kappa shape index (κ2) is 11.5. The summed E-state index contributed by atoms with van der Waals surface area (Å²) in [5.74, 6) is -0.486. The Morgan fingerprint density at radius 1 is 1.07 bits per heavy atom. The Morgan fingerprint density at radius 2 is 1.70 bits per heavy atom. The van der Waals surface area contributed by atoms with Gasteiger partial charge in [-0.2, -0.15) is 0 Å². The molecule has 1 atom stereocenters. The van der Waals surface area contributed by atoms with Gasteiger partial charge in [0.15, 0.2) is 0 Å². The van der Waals surface area contributed by atoms with E-state index in [0.29, 0.717) is 19.5 Å². The number of benzene rings is 2. The van der Waals surface area contributed by atoms with Gasteiger partial charge in [0.1, 0.15) is 0 Å². The molecule has 0 bridgehead atoms.